The van der Waals surface area contributed by atoms with Crippen LogP contribution >= 0.6 is 0 Å². The van der Waals surface area contributed by atoms with Crippen LogP contribution in [0, 0.1) is 23.3 Å². The van der Waals surface area contributed by atoms with Crippen molar-refractivity contribution in [2.24, 2.45) is 0 Å². The average Bonchev–Trinajstić information content (AvgIpc) is 3.29. The predicted molar refractivity (Wildman–Crippen MR) is 262 cm³/mol. The Morgan fingerprint density at radius 1 is 0.609 bits per heavy atom. The Morgan fingerprint density at radius 2 is 1.19 bits per heavy atom. The van der Waals surface area contributed by atoms with Crippen molar-refractivity contribution in [3.8, 4) is 17.2 Å². The van der Waals surface area contributed by atoms with E-state index in [0.29, 0.717) is 34.3 Å². The summed E-state index contributed by atoms with van der Waals surface area (Å²) < 4.78 is 136. The highest BCUT2D eigenvalue weighted by atomic mass is 32.3. The molecule has 364 valence electrons. The largest absolute Gasteiger partial charge is 0.485 e. The highest BCUT2D eigenvalue weighted by molar-refractivity contribution is 8.04. The zero-order valence-corrected chi connectivity index (χ0v) is 41.8. The molecule has 1 aliphatic rings. The average molecular weight is 984 g/mol. The molecular weight excluding hydrogens is 927 g/mol. The van der Waals surface area contributed by atoms with Gasteiger partial charge in [0.2, 0.25) is 11.6 Å². The van der Waals surface area contributed by atoms with Crippen LogP contribution in [0.15, 0.2) is 107 Å². The van der Waals surface area contributed by atoms with Crippen molar-refractivity contribution in [3.05, 3.63) is 181 Å². The minimum atomic E-state index is -5.88. The van der Waals surface area contributed by atoms with Crippen molar-refractivity contribution in [2.75, 3.05) is 19.8 Å². The highest BCUT2D eigenvalue weighted by Gasteiger charge is 2.38. The molecule has 0 unspecified atom stereocenters. The van der Waals surface area contributed by atoms with E-state index in [0.717, 1.165) is 33.5 Å². The molecule has 0 saturated heterocycles. The van der Waals surface area contributed by atoms with Crippen molar-refractivity contribution in [3.63, 3.8) is 0 Å². The zero-order chi connectivity index (χ0) is 50.1. The fourth-order valence-electron chi connectivity index (χ4n) is 8.94. The van der Waals surface area contributed by atoms with Gasteiger partial charge in [-0.1, -0.05) is 128 Å². The lowest BCUT2D eigenvalue weighted by molar-refractivity contribution is 0.105. The smallest absolute Gasteiger partial charge is 0.259 e. The van der Waals surface area contributed by atoms with Gasteiger partial charge >= 0.3 is 0 Å². The van der Waals surface area contributed by atoms with Crippen LogP contribution in [0.1, 0.15) is 136 Å². The number of halogens is 4. The van der Waals surface area contributed by atoms with E-state index in [1.807, 2.05) is 30.3 Å². The van der Waals surface area contributed by atoms with Crippen LogP contribution in [-0.2, 0) is 31.2 Å². The molecule has 0 aliphatic carbocycles. The summed E-state index contributed by atoms with van der Waals surface area (Å²) in [6.45, 7) is 18.3. The number of sulfonamides is 2. The number of fused-ring (bicyclic) bond motifs is 2. The van der Waals surface area contributed by atoms with E-state index in [2.05, 4.69) is 97.9 Å². The summed E-state index contributed by atoms with van der Waals surface area (Å²) in [5, 5.41) is 1.27. The number of ether oxygens (including phenoxy) is 3. The third kappa shape index (κ3) is 10.4. The first-order chi connectivity index (χ1) is 32.7. The van der Waals surface area contributed by atoms with E-state index < -0.39 is 65.5 Å². The van der Waals surface area contributed by atoms with Crippen LogP contribution in [0.4, 0.5) is 17.6 Å². The molecule has 69 heavy (non-hydrogen) atoms. The lowest BCUT2D eigenvalue weighted by Crippen LogP contribution is -2.33. The number of hydrogen-bond acceptors (Lipinski definition) is 7. The van der Waals surface area contributed by atoms with Crippen molar-refractivity contribution >= 4 is 31.7 Å². The molecular formula is C55H57F4NO7S2. The first-order valence-corrected chi connectivity index (χ1v) is 26.0. The minimum Gasteiger partial charge on any atom is -0.485 e. The van der Waals surface area contributed by atoms with Crippen LogP contribution in [0.5, 0.6) is 17.2 Å². The van der Waals surface area contributed by atoms with Crippen molar-refractivity contribution in [1.82, 2.24) is 4.13 Å². The molecule has 0 amide bonds. The molecule has 8 nitrogen and oxygen atoms in total. The van der Waals surface area contributed by atoms with Crippen molar-refractivity contribution < 1.29 is 48.6 Å². The molecule has 0 saturated carbocycles. The van der Waals surface area contributed by atoms with Gasteiger partial charge in [0, 0.05) is 28.5 Å². The van der Waals surface area contributed by atoms with Gasteiger partial charge in [-0.15, -0.1) is 4.13 Å². The summed E-state index contributed by atoms with van der Waals surface area (Å²) in [6, 6.07) is 29.4. The maximum absolute atomic E-state index is 15.5. The standard InChI is InChI=1S/C55H57F4NO7S2/c1-10-65-25-26-66-54-50(56)52(58)55(53(59)51(54)57)69(63,64)60-68(61,62)48-20-12-11-15-43(48)49-41-23-21-35(27-44-37(31(2)3)16-13-17-38(44)32(4)5)29-46(41)67-47-30-36(22-24-42(47)49)28-45-39(33(6)7)18-14-19-40(45)34(8)9/h11-24,27,29-34,60H,10,25-26,28H2,1-9H3/b35-27+. The Labute approximate surface area is 402 Å². The van der Waals surface area contributed by atoms with Gasteiger partial charge in [0.25, 0.3) is 20.0 Å². The molecule has 0 spiro atoms. The lowest BCUT2D eigenvalue weighted by Gasteiger charge is -2.24. The van der Waals surface area contributed by atoms with Crippen LogP contribution in [0.2, 0.25) is 0 Å². The summed E-state index contributed by atoms with van der Waals surface area (Å²) in [7, 11) is -11.2. The Kier molecular flexibility index (Phi) is 15.3. The molecule has 1 N–H and O–H groups in total. The number of nitrogens with one attached hydrogen (secondary N) is 1. The summed E-state index contributed by atoms with van der Waals surface area (Å²) >= 11 is 0. The van der Waals surface area contributed by atoms with E-state index in [9.17, 15) is 16.8 Å². The quantitative estimate of drug-likeness (QED) is 0.0550. The third-order valence-electron chi connectivity index (χ3n) is 12.2. The number of hydrogen-bond donors (Lipinski definition) is 1. The first kappa shape index (κ1) is 51.1. The van der Waals surface area contributed by atoms with Crippen molar-refractivity contribution in [2.45, 2.75) is 102 Å². The van der Waals surface area contributed by atoms with E-state index in [4.69, 9.17) is 14.2 Å². The zero-order valence-electron chi connectivity index (χ0n) is 40.1. The minimum absolute atomic E-state index is 0.00586. The Morgan fingerprint density at radius 3 is 1.77 bits per heavy atom. The van der Waals surface area contributed by atoms with E-state index in [1.165, 1.54) is 33.0 Å². The molecule has 0 radical (unpaired) electrons. The maximum atomic E-state index is 15.5. The Balaban J connectivity index is 1.41. The van der Waals surface area contributed by atoms with Gasteiger partial charge < -0.3 is 14.2 Å². The predicted octanol–water partition coefficient (Wildman–Crippen LogP) is 11.6. The molecule has 7 rings (SSSR count). The molecule has 0 atom stereocenters. The van der Waals surface area contributed by atoms with Crippen LogP contribution in [0.3, 0.4) is 0 Å². The molecule has 6 aromatic carbocycles. The molecule has 0 fully saturated rings. The molecule has 14 heteroatoms. The van der Waals surface area contributed by atoms with E-state index in [-0.39, 0.29) is 42.4 Å². The molecule has 6 aromatic rings. The van der Waals surface area contributed by atoms with Gasteiger partial charge in [-0.2, -0.15) is 8.78 Å². The first-order valence-electron chi connectivity index (χ1n) is 23.0. The lowest BCUT2D eigenvalue weighted by atomic mass is 9.85. The second kappa shape index (κ2) is 20.7. The number of benzene rings is 6. The number of rotatable bonds is 17. The van der Waals surface area contributed by atoms with E-state index >= 15 is 17.6 Å². The van der Waals surface area contributed by atoms with Gasteiger partial charge in [0.15, 0.2) is 22.3 Å². The summed E-state index contributed by atoms with van der Waals surface area (Å²) in [5.41, 5.74) is 8.79. The molecule has 1 aliphatic heterocycles. The van der Waals surface area contributed by atoms with Gasteiger partial charge in [0.05, 0.1) is 11.5 Å². The fourth-order valence-corrected chi connectivity index (χ4v) is 12.2. The van der Waals surface area contributed by atoms with E-state index in [1.54, 1.807) is 19.1 Å². The SMILES string of the molecule is CCOCCOc1c(F)c(F)c(S(=O)(=O)NS(=O)(=O)c2ccccc2C2=c3cc/c(=C\c4c(C(C)C)cccc4C(C)C)cc3Oc3cc(Cc4c(C(C)C)cccc4C(C)C)ccc32)c(F)c1F. The molecule has 1 heterocycles. The second-order valence-corrected chi connectivity index (χ2v) is 21.8. The van der Waals surface area contributed by atoms with Crippen LogP contribution < -0.4 is 24.0 Å². The summed E-state index contributed by atoms with van der Waals surface area (Å²) in [4.78, 5) is -2.79. The normalized spacial score (nSPS) is 13.1. The van der Waals surface area contributed by atoms with Gasteiger partial charge in [-0.25, -0.2) is 25.6 Å². The van der Waals surface area contributed by atoms with Crippen LogP contribution in [0.25, 0.3) is 11.6 Å². The fraction of sp³-hybridized carbons (Fsp3) is 0.309. The van der Waals surface area contributed by atoms with Crippen molar-refractivity contribution in [1.29, 1.82) is 0 Å². The Bertz CT molecular complexity index is 3210. The highest BCUT2D eigenvalue weighted by Crippen LogP contribution is 2.41. The van der Waals surface area contributed by atoms with Gasteiger partial charge in [-0.3, -0.25) is 0 Å². The topological polar surface area (TPSA) is 108 Å². The molecule has 0 aromatic heterocycles. The van der Waals surface area contributed by atoms with Crippen LogP contribution in [-0.4, -0.2) is 36.7 Å². The summed E-state index contributed by atoms with van der Waals surface area (Å²) in [5.74, 6) is -8.92. The monoisotopic (exact) mass is 983 g/mol. The third-order valence-corrected chi connectivity index (χ3v) is 15.8. The Hall–Kier alpha value is -5.80. The maximum Gasteiger partial charge on any atom is 0.259 e. The summed E-state index contributed by atoms with van der Waals surface area (Å²) in [6.07, 6.45) is 2.67. The van der Waals surface area contributed by atoms with Gasteiger partial charge in [-0.05, 0) is 112 Å². The van der Waals surface area contributed by atoms with Gasteiger partial charge in [0.1, 0.15) is 18.1 Å². The second-order valence-electron chi connectivity index (χ2n) is 18.3. The molecule has 0 bridgehead atoms.